The maximum absolute atomic E-state index is 13.5. The van der Waals surface area contributed by atoms with Gasteiger partial charge < -0.3 is 19.1 Å². The van der Waals surface area contributed by atoms with E-state index in [0.29, 0.717) is 12.3 Å². The molecular weight excluding hydrogens is 394 g/mol. The minimum Gasteiger partial charge on any atom is -0.497 e. The van der Waals surface area contributed by atoms with E-state index in [1.54, 1.807) is 21.0 Å². The van der Waals surface area contributed by atoms with Crippen molar-refractivity contribution in [1.29, 1.82) is 0 Å². The zero-order valence-corrected chi connectivity index (χ0v) is 19.4. The van der Waals surface area contributed by atoms with E-state index in [2.05, 4.69) is 6.92 Å². The molecule has 0 saturated carbocycles. The lowest BCUT2D eigenvalue weighted by Gasteiger charge is -2.35. The van der Waals surface area contributed by atoms with Gasteiger partial charge in [0, 0.05) is 26.9 Å². The average Bonchev–Trinajstić information content (AvgIpc) is 3.04. The highest BCUT2D eigenvalue weighted by Gasteiger charge is 2.48. The van der Waals surface area contributed by atoms with Crippen LogP contribution in [-0.2, 0) is 25.5 Å². The number of ether oxygens (including phenoxy) is 3. The van der Waals surface area contributed by atoms with E-state index in [-0.39, 0.29) is 5.91 Å². The van der Waals surface area contributed by atoms with Crippen LogP contribution in [0.25, 0.3) is 0 Å². The van der Waals surface area contributed by atoms with Crippen molar-refractivity contribution >= 4 is 11.9 Å². The van der Waals surface area contributed by atoms with Gasteiger partial charge in [0.15, 0.2) is 6.10 Å². The van der Waals surface area contributed by atoms with Gasteiger partial charge in [0.05, 0.1) is 13.0 Å². The quantitative estimate of drug-likeness (QED) is 0.544. The molecule has 2 aliphatic heterocycles. The Morgan fingerprint density at radius 3 is 2.45 bits per heavy atom. The van der Waals surface area contributed by atoms with Gasteiger partial charge >= 0.3 is 5.97 Å². The maximum Gasteiger partial charge on any atom is 0.338 e. The van der Waals surface area contributed by atoms with Crippen LogP contribution in [0.1, 0.15) is 64.9 Å². The van der Waals surface area contributed by atoms with E-state index < -0.39 is 23.8 Å². The Kier molecular flexibility index (Phi) is 7.98. The largest absolute Gasteiger partial charge is 0.497 e. The van der Waals surface area contributed by atoms with Crippen LogP contribution in [0.2, 0.25) is 0 Å². The second-order valence-corrected chi connectivity index (χ2v) is 9.26. The summed E-state index contributed by atoms with van der Waals surface area (Å²) in [6, 6.07) is 7.96. The Morgan fingerprint density at radius 2 is 1.90 bits per heavy atom. The predicted octanol–water partition coefficient (Wildman–Crippen LogP) is 4.35. The molecule has 0 unspecified atom stereocenters. The lowest BCUT2D eigenvalue weighted by atomic mass is 9.89. The summed E-state index contributed by atoms with van der Waals surface area (Å²) in [7, 11) is 1.65. The van der Waals surface area contributed by atoms with Gasteiger partial charge in [-0.15, -0.1) is 0 Å². The molecular formula is C25H37NO5. The number of likely N-dealkylation sites (tertiary alicyclic amines) is 1. The van der Waals surface area contributed by atoms with Crippen LogP contribution in [0.5, 0.6) is 5.75 Å². The van der Waals surface area contributed by atoms with E-state index in [4.69, 9.17) is 14.2 Å². The van der Waals surface area contributed by atoms with Crippen molar-refractivity contribution in [2.24, 2.45) is 11.8 Å². The molecule has 0 aliphatic carbocycles. The minimum atomic E-state index is -0.982. The molecule has 2 fully saturated rings. The molecule has 2 aliphatic rings. The number of rotatable bonds is 9. The van der Waals surface area contributed by atoms with Crippen molar-refractivity contribution in [3.63, 3.8) is 0 Å². The molecule has 3 rings (SSSR count). The molecule has 172 valence electrons. The summed E-state index contributed by atoms with van der Waals surface area (Å²) in [4.78, 5) is 27.9. The normalized spacial score (nSPS) is 22.3. The molecule has 2 saturated heterocycles. The molecule has 0 radical (unpaired) electrons. The van der Waals surface area contributed by atoms with Crippen LogP contribution in [0, 0.1) is 11.8 Å². The van der Waals surface area contributed by atoms with E-state index in [0.717, 1.165) is 44.5 Å². The zero-order chi connectivity index (χ0) is 22.4. The fourth-order valence-electron chi connectivity index (χ4n) is 4.73. The highest BCUT2D eigenvalue weighted by Crippen LogP contribution is 2.33. The van der Waals surface area contributed by atoms with E-state index in [9.17, 15) is 9.59 Å². The number of amides is 1. The van der Waals surface area contributed by atoms with Crippen molar-refractivity contribution in [2.45, 2.75) is 77.6 Å². The molecule has 1 amide bonds. The first kappa shape index (κ1) is 23.6. The van der Waals surface area contributed by atoms with Crippen LogP contribution in [-0.4, -0.2) is 48.9 Å². The summed E-state index contributed by atoms with van der Waals surface area (Å²) in [5.74, 6) is -0.347. The first-order valence-electron chi connectivity index (χ1n) is 11.7. The standard InChI is InChI=1S/C25H37NO5/c1-5-7-18-14-16-26(17-15-18)23(27)21(22-24(28)31-25(2,3)30-22)9-6-8-19-10-12-20(29-4)13-11-19/h10-13,18,21-22H,5-9,14-17H2,1-4H3/t21-,22+/m1/s1. The molecule has 6 nitrogen and oxygen atoms in total. The van der Waals surface area contributed by atoms with Crippen LogP contribution >= 0.6 is 0 Å². The molecule has 0 spiro atoms. The second-order valence-electron chi connectivity index (χ2n) is 9.26. The Balaban J connectivity index is 1.64. The fraction of sp³-hybridized carbons (Fsp3) is 0.680. The molecule has 2 heterocycles. The lowest BCUT2D eigenvalue weighted by molar-refractivity contribution is -0.163. The number of esters is 1. The van der Waals surface area contributed by atoms with Crippen molar-refractivity contribution in [1.82, 2.24) is 4.90 Å². The minimum absolute atomic E-state index is 0.0318. The molecule has 0 bridgehead atoms. The summed E-state index contributed by atoms with van der Waals surface area (Å²) in [6.07, 6.45) is 5.88. The van der Waals surface area contributed by atoms with Crippen LogP contribution < -0.4 is 4.74 Å². The first-order valence-corrected chi connectivity index (χ1v) is 11.7. The van der Waals surface area contributed by atoms with Gasteiger partial charge in [-0.2, -0.15) is 0 Å². The van der Waals surface area contributed by atoms with Crippen LogP contribution in [0.15, 0.2) is 24.3 Å². The number of piperidine rings is 1. The zero-order valence-electron chi connectivity index (χ0n) is 19.4. The number of cyclic esters (lactones) is 1. The number of methoxy groups -OCH3 is 1. The summed E-state index contributed by atoms with van der Waals surface area (Å²) >= 11 is 0. The summed E-state index contributed by atoms with van der Waals surface area (Å²) in [6.45, 7) is 7.19. The highest BCUT2D eigenvalue weighted by atomic mass is 16.8. The molecule has 2 atom stereocenters. The molecule has 6 heteroatoms. The van der Waals surface area contributed by atoms with Crippen LogP contribution in [0.4, 0.5) is 0 Å². The second kappa shape index (κ2) is 10.5. The Bertz CT molecular complexity index is 737. The van der Waals surface area contributed by atoms with E-state index in [1.165, 1.54) is 18.4 Å². The van der Waals surface area contributed by atoms with Crippen molar-refractivity contribution in [3.8, 4) is 5.75 Å². The van der Waals surface area contributed by atoms with E-state index in [1.807, 2.05) is 29.2 Å². The molecule has 0 aromatic heterocycles. The van der Waals surface area contributed by atoms with Crippen LogP contribution in [0.3, 0.4) is 0 Å². The number of benzene rings is 1. The average molecular weight is 432 g/mol. The third-order valence-electron chi connectivity index (χ3n) is 6.43. The number of hydrogen-bond donors (Lipinski definition) is 0. The molecule has 31 heavy (non-hydrogen) atoms. The smallest absolute Gasteiger partial charge is 0.338 e. The van der Waals surface area contributed by atoms with Crippen molar-refractivity contribution in [3.05, 3.63) is 29.8 Å². The Morgan fingerprint density at radius 1 is 1.23 bits per heavy atom. The van der Waals surface area contributed by atoms with Crippen molar-refractivity contribution < 1.29 is 23.8 Å². The molecule has 1 aromatic rings. The van der Waals surface area contributed by atoms with Gasteiger partial charge in [0.25, 0.3) is 0 Å². The SMILES string of the molecule is CCCC1CCN(C(=O)[C@H](CCCc2ccc(OC)cc2)[C@@H]2OC(C)(C)OC2=O)CC1. The summed E-state index contributed by atoms with van der Waals surface area (Å²) in [5, 5.41) is 0. The number of carbonyl (C=O) groups excluding carboxylic acids is 2. The van der Waals surface area contributed by atoms with Gasteiger partial charge in [0.2, 0.25) is 11.7 Å². The number of aryl methyl sites for hydroxylation is 1. The summed E-state index contributed by atoms with van der Waals surface area (Å²) < 4.78 is 16.5. The van der Waals surface area contributed by atoms with Crippen molar-refractivity contribution in [2.75, 3.05) is 20.2 Å². The number of nitrogens with zero attached hydrogens (tertiary/aromatic N) is 1. The maximum atomic E-state index is 13.5. The first-order chi connectivity index (χ1) is 14.8. The fourth-order valence-corrected chi connectivity index (χ4v) is 4.73. The Hall–Kier alpha value is -2.08. The predicted molar refractivity (Wildman–Crippen MR) is 119 cm³/mol. The third-order valence-corrected chi connectivity index (χ3v) is 6.43. The highest BCUT2D eigenvalue weighted by molar-refractivity contribution is 5.87. The molecule has 0 N–H and O–H groups in total. The lowest BCUT2D eigenvalue weighted by Crippen LogP contribution is -2.46. The third kappa shape index (κ3) is 6.22. The molecule has 1 aromatic carbocycles. The number of hydrogen-bond acceptors (Lipinski definition) is 5. The monoisotopic (exact) mass is 431 g/mol. The van der Waals surface area contributed by atoms with E-state index >= 15 is 0 Å². The van der Waals surface area contributed by atoms with Gasteiger partial charge in [-0.25, -0.2) is 4.79 Å². The van der Waals surface area contributed by atoms with Gasteiger partial charge in [-0.3, -0.25) is 4.79 Å². The van der Waals surface area contributed by atoms with Gasteiger partial charge in [-0.05, 0) is 55.7 Å². The number of carbonyl (C=O) groups is 2. The van der Waals surface area contributed by atoms with Gasteiger partial charge in [0.1, 0.15) is 5.75 Å². The summed E-state index contributed by atoms with van der Waals surface area (Å²) in [5.41, 5.74) is 1.18. The van der Waals surface area contributed by atoms with Gasteiger partial charge in [-0.1, -0.05) is 31.9 Å². The Labute approximate surface area is 186 Å². The topological polar surface area (TPSA) is 65.1 Å².